The number of hydrogen-bond acceptors (Lipinski definition) is 3. The van der Waals surface area contributed by atoms with E-state index in [2.05, 4.69) is 5.32 Å². The summed E-state index contributed by atoms with van der Waals surface area (Å²) >= 11 is 0. The SMILES string of the molecule is O=C(COCCc1ccccc1)NCC1(CO)CC1. The number of amides is 1. The summed E-state index contributed by atoms with van der Waals surface area (Å²) in [6, 6.07) is 10.0. The molecule has 1 aliphatic rings. The normalized spacial score (nSPS) is 16.1. The van der Waals surface area contributed by atoms with Gasteiger partial charge >= 0.3 is 0 Å². The topological polar surface area (TPSA) is 58.6 Å². The molecule has 0 radical (unpaired) electrons. The number of nitrogens with one attached hydrogen (secondary N) is 1. The first kappa shape index (κ1) is 14.0. The third kappa shape index (κ3) is 4.65. The summed E-state index contributed by atoms with van der Waals surface area (Å²) in [6.45, 7) is 1.35. The third-order valence-corrected chi connectivity index (χ3v) is 3.56. The van der Waals surface area contributed by atoms with Crippen molar-refractivity contribution in [2.45, 2.75) is 19.3 Å². The molecule has 0 unspecified atom stereocenters. The summed E-state index contributed by atoms with van der Waals surface area (Å²) in [5.41, 5.74) is 1.17. The highest BCUT2D eigenvalue weighted by molar-refractivity contribution is 5.77. The standard InChI is InChI=1S/C15H21NO3/c17-12-15(7-8-15)11-16-14(18)10-19-9-6-13-4-2-1-3-5-13/h1-5,17H,6-12H2,(H,16,18). The number of carbonyl (C=O) groups is 1. The van der Waals surface area contributed by atoms with Crippen LogP contribution in [0.1, 0.15) is 18.4 Å². The lowest BCUT2D eigenvalue weighted by atomic mass is 10.1. The zero-order valence-corrected chi connectivity index (χ0v) is 11.1. The molecule has 1 aliphatic carbocycles. The number of rotatable bonds is 8. The average molecular weight is 263 g/mol. The molecule has 1 aromatic rings. The van der Waals surface area contributed by atoms with Crippen molar-refractivity contribution in [2.24, 2.45) is 5.41 Å². The van der Waals surface area contributed by atoms with Gasteiger partial charge in [-0.1, -0.05) is 30.3 Å². The van der Waals surface area contributed by atoms with Crippen molar-refractivity contribution in [2.75, 3.05) is 26.4 Å². The minimum atomic E-state index is -0.104. The van der Waals surface area contributed by atoms with Crippen LogP contribution in [0.3, 0.4) is 0 Å². The highest BCUT2D eigenvalue weighted by Crippen LogP contribution is 2.44. The Balaban J connectivity index is 1.54. The van der Waals surface area contributed by atoms with Gasteiger partial charge in [0.05, 0.1) is 13.2 Å². The summed E-state index contributed by atoms with van der Waals surface area (Å²) in [5.74, 6) is -0.104. The number of benzene rings is 1. The van der Waals surface area contributed by atoms with Gasteiger partial charge in [-0.15, -0.1) is 0 Å². The van der Waals surface area contributed by atoms with Crippen molar-refractivity contribution in [1.82, 2.24) is 5.32 Å². The Hall–Kier alpha value is -1.39. The Morgan fingerprint density at radius 1 is 1.32 bits per heavy atom. The van der Waals surface area contributed by atoms with Crippen molar-refractivity contribution in [3.05, 3.63) is 35.9 Å². The van der Waals surface area contributed by atoms with Crippen LogP contribution in [0, 0.1) is 5.41 Å². The molecule has 104 valence electrons. The fraction of sp³-hybridized carbons (Fsp3) is 0.533. The molecule has 1 amide bonds. The second-order valence-electron chi connectivity index (χ2n) is 5.22. The van der Waals surface area contributed by atoms with E-state index in [1.165, 1.54) is 5.56 Å². The van der Waals surface area contributed by atoms with Gasteiger partial charge in [0.2, 0.25) is 5.91 Å². The van der Waals surface area contributed by atoms with Gasteiger partial charge in [0.25, 0.3) is 0 Å². The van der Waals surface area contributed by atoms with Crippen molar-refractivity contribution in [1.29, 1.82) is 0 Å². The molecule has 1 fully saturated rings. The van der Waals surface area contributed by atoms with Crippen LogP contribution in [0.2, 0.25) is 0 Å². The van der Waals surface area contributed by atoms with Gasteiger partial charge in [-0.3, -0.25) is 4.79 Å². The molecule has 1 aromatic carbocycles. The molecule has 0 aromatic heterocycles. The van der Waals surface area contributed by atoms with E-state index in [9.17, 15) is 4.79 Å². The molecule has 0 heterocycles. The van der Waals surface area contributed by atoms with Gasteiger partial charge in [-0.05, 0) is 24.8 Å². The second-order valence-corrected chi connectivity index (χ2v) is 5.22. The van der Waals surface area contributed by atoms with E-state index in [0.29, 0.717) is 13.2 Å². The molecular weight excluding hydrogens is 242 g/mol. The lowest BCUT2D eigenvalue weighted by Crippen LogP contribution is -2.34. The summed E-state index contributed by atoms with van der Waals surface area (Å²) in [4.78, 5) is 11.5. The lowest BCUT2D eigenvalue weighted by molar-refractivity contribution is -0.126. The second kappa shape index (κ2) is 6.68. The molecule has 2 N–H and O–H groups in total. The van der Waals surface area contributed by atoms with Gasteiger partial charge < -0.3 is 15.2 Å². The molecule has 0 atom stereocenters. The first-order chi connectivity index (χ1) is 9.24. The predicted octanol–water partition coefficient (Wildman–Crippen LogP) is 1.13. The minimum absolute atomic E-state index is 0.0420. The van der Waals surface area contributed by atoms with Crippen LogP contribution in [-0.2, 0) is 16.0 Å². The van der Waals surface area contributed by atoms with Crippen molar-refractivity contribution >= 4 is 5.91 Å². The van der Waals surface area contributed by atoms with Crippen LogP contribution in [0.25, 0.3) is 0 Å². The summed E-state index contributed by atoms with van der Waals surface area (Å²) < 4.78 is 5.34. The zero-order chi connectivity index (χ0) is 13.6. The summed E-state index contributed by atoms with van der Waals surface area (Å²) in [5, 5.41) is 11.9. The van der Waals surface area contributed by atoms with Crippen LogP contribution < -0.4 is 5.32 Å². The molecule has 4 nitrogen and oxygen atoms in total. The summed E-state index contributed by atoms with van der Waals surface area (Å²) in [6.07, 6.45) is 2.81. The van der Waals surface area contributed by atoms with E-state index in [1.54, 1.807) is 0 Å². The van der Waals surface area contributed by atoms with Crippen molar-refractivity contribution in [3.63, 3.8) is 0 Å². The van der Waals surface area contributed by atoms with Crippen LogP contribution >= 0.6 is 0 Å². The third-order valence-electron chi connectivity index (χ3n) is 3.56. The molecule has 0 bridgehead atoms. The maximum absolute atomic E-state index is 11.5. The number of carbonyl (C=O) groups excluding carboxylic acids is 1. The monoisotopic (exact) mass is 263 g/mol. The van der Waals surface area contributed by atoms with E-state index in [-0.39, 0.29) is 24.5 Å². The molecule has 19 heavy (non-hydrogen) atoms. The maximum Gasteiger partial charge on any atom is 0.246 e. The van der Waals surface area contributed by atoms with Crippen LogP contribution in [0.5, 0.6) is 0 Å². The molecular formula is C15H21NO3. The van der Waals surface area contributed by atoms with Crippen LogP contribution in [-0.4, -0.2) is 37.4 Å². The Labute approximate surface area is 113 Å². The average Bonchev–Trinajstić information content (AvgIpc) is 3.23. The lowest BCUT2D eigenvalue weighted by Gasteiger charge is -2.12. The van der Waals surface area contributed by atoms with Crippen molar-refractivity contribution < 1.29 is 14.6 Å². The van der Waals surface area contributed by atoms with Gasteiger partial charge in [0.15, 0.2) is 0 Å². The van der Waals surface area contributed by atoms with Gasteiger partial charge in [-0.25, -0.2) is 0 Å². The molecule has 4 heteroatoms. The molecule has 0 spiro atoms. The van der Waals surface area contributed by atoms with Gasteiger partial charge in [0.1, 0.15) is 6.61 Å². The summed E-state index contributed by atoms with van der Waals surface area (Å²) in [7, 11) is 0. The quantitative estimate of drug-likeness (QED) is 0.691. The fourth-order valence-electron chi connectivity index (χ4n) is 1.90. The van der Waals surface area contributed by atoms with Crippen LogP contribution in [0.15, 0.2) is 30.3 Å². The molecule has 2 rings (SSSR count). The number of ether oxygens (including phenoxy) is 1. The largest absolute Gasteiger partial charge is 0.396 e. The highest BCUT2D eigenvalue weighted by Gasteiger charge is 2.41. The first-order valence-electron chi connectivity index (χ1n) is 6.73. The van der Waals surface area contributed by atoms with E-state index < -0.39 is 0 Å². The van der Waals surface area contributed by atoms with E-state index >= 15 is 0 Å². The fourth-order valence-corrected chi connectivity index (χ4v) is 1.90. The number of aliphatic hydroxyl groups excluding tert-OH is 1. The molecule has 0 aliphatic heterocycles. The van der Waals surface area contributed by atoms with Crippen molar-refractivity contribution in [3.8, 4) is 0 Å². The Kier molecular flexibility index (Phi) is 4.93. The van der Waals surface area contributed by atoms with E-state index in [1.807, 2.05) is 30.3 Å². The van der Waals surface area contributed by atoms with Gasteiger partial charge in [0, 0.05) is 12.0 Å². The highest BCUT2D eigenvalue weighted by atomic mass is 16.5. The Bertz CT molecular complexity index is 401. The van der Waals surface area contributed by atoms with Crippen LogP contribution in [0.4, 0.5) is 0 Å². The minimum Gasteiger partial charge on any atom is -0.396 e. The predicted molar refractivity (Wildman–Crippen MR) is 72.7 cm³/mol. The zero-order valence-electron chi connectivity index (χ0n) is 11.1. The smallest absolute Gasteiger partial charge is 0.246 e. The Morgan fingerprint density at radius 3 is 2.68 bits per heavy atom. The first-order valence-corrected chi connectivity index (χ1v) is 6.73. The molecule has 0 saturated heterocycles. The van der Waals surface area contributed by atoms with E-state index in [0.717, 1.165) is 19.3 Å². The van der Waals surface area contributed by atoms with Gasteiger partial charge in [-0.2, -0.15) is 0 Å². The molecule has 1 saturated carbocycles. The Morgan fingerprint density at radius 2 is 2.05 bits per heavy atom. The maximum atomic E-state index is 11.5. The number of hydrogen-bond donors (Lipinski definition) is 2. The number of aliphatic hydroxyl groups is 1. The van der Waals surface area contributed by atoms with E-state index in [4.69, 9.17) is 9.84 Å².